The van der Waals surface area contributed by atoms with Gasteiger partial charge in [0.2, 0.25) is 5.91 Å². The van der Waals surface area contributed by atoms with Crippen molar-refractivity contribution in [3.63, 3.8) is 0 Å². The lowest BCUT2D eigenvalue weighted by Crippen LogP contribution is -2.49. The molecule has 3 aromatic heterocycles. The predicted octanol–water partition coefficient (Wildman–Crippen LogP) is 1.49. The van der Waals surface area contributed by atoms with Crippen molar-refractivity contribution < 1.29 is 4.79 Å². The Morgan fingerprint density at radius 3 is 3.04 bits per heavy atom. The van der Waals surface area contributed by atoms with E-state index in [1.54, 1.807) is 23.6 Å². The van der Waals surface area contributed by atoms with E-state index in [9.17, 15) is 9.59 Å². The van der Waals surface area contributed by atoms with Gasteiger partial charge in [0.1, 0.15) is 6.04 Å². The minimum atomic E-state index is -0.313. The molecule has 23 heavy (non-hydrogen) atoms. The van der Waals surface area contributed by atoms with Crippen molar-refractivity contribution in [2.75, 3.05) is 13.1 Å². The van der Waals surface area contributed by atoms with E-state index in [0.29, 0.717) is 23.7 Å². The van der Waals surface area contributed by atoms with Crippen molar-refractivity contribution in [2.45, 2.75) is 12.6 Å². The van der Waals surface area contributed by atoms with Crippen molar-refractivity contribution in [2.24, 2.45) is 0 Å². The first-order chi connectivity index (χ1) is 11.2. The predicted molar refractivity (Wildman–Crippen MR) is 89.8 cm³/mol. The number of carbonyl (C=O) groups is 1. The van der Waals surface area contributed by atoms with E-state index in [4.69, 9.17) is 0 Å². The van der Waals surface area contributed by atoms with E-state index in [0.717, 1.165) is 11.4 Å². The number of fused-ring (bicyclic) bond motifs is 1. The number of hydrogen-bond donors (Lipinski definition) is 1. The average Bonchev–Trinajstić information content (AvgIpc) is 3.18. The lowest BCUT2D eigenvalue weighted by atomic mass is 10.1. The molecule has 0 saturated carbocycles. The summed E-state index contributed by atoms with van der Waals surface area (Å²) in [5, 5.41) is 6.73. The molecule has 1 aliphatic heterocycles. The maximum Gasteiger partial charge on any atom is 0.258 e. The van der Waals surface area contributed by atoms with Gasteiger partial charge in [-0.05, 0) is 11.4 Å². The van der Waals surface area contributed by atoms with Crippen LogP contribution in [0.3, 0.4) is 0 Å². The molecule has 8 heteroatoms. The van der Waals surface area contributed by atoms with E-state index in [-0.39, 0.29) is 17.5 Å². The number of hydrogen-bond acceptors (Lipinski definition) is 6. The van der Waals surface area contributed by atoms with Crippen LogP contribution in [0.5, 0.6) is 0 Å². The molecule has 1 N–H and O–H groups in total. The van der Waals surface area contributed by atoms with Gasteiger partial charge in [0.05, 0.1) is 5.69 Å². The van der Waals surface area contributed by atoms with Gasteiger partial charge in [0.15, 0.2) is 4.96 Å². The molecule has 1 saturated heterocycles. The highest BCUT2D eigenvalue weighted by Crippen LogP contribution is 2.28. The molecule has 118 valence electrons. The van der Waals surface area contributed by atoms with Crippen LogP contribution in [0, 0.1) is 0 Å². The second-order valence-corrected chi connectivity index (χ2v) is 7.17. The third kappa shape index (κ3) is 2.69. The van der Waals surface area contributed by atoms with Crippen LogP contribution in [0.15, 0.2) is 40.0 Å². The van der Waals surface area contributed by atoms with Gasteiger partial charge in [-0.15, -0.1) is 22.7 Å². The molecule has 0 bridgehead atoms. The normalized spacial score (nSPS) is 19.1. The zero-order valence-corrected chi connectivity index (χ0v) is 13.8. The van der Waals surface area contributed by atoms with Gasteiger partial charge < -0.3 is 5.32 Å². The lowest BCUT2D eigenvalue weighted by molar-refractivity contribution is -0.129. The summed E-state index contributed by atoms with van der Waals surface area (Å²) in [6, 6.07) is 5.16. The summed E-state index contributed by atoms with van der Waals surface area (Å²) >= 11 is 3.00. The second kappa shape index (κ2) is 5.88. The fraction of sp³-hybridized carbons (Fsp3) is 0.267. The molecule has 1 atom stereocenters. The van der Waals surface area contributed by atoms with Crippen LogP contribution in [0.4, 0.5) is 0 Å². The zero-order valence-electron chi connectivity index (χ0n) is 12.1. The molecular weight excluding hydrogens is 332 g/mol. The van der Waals surface area contributed by atoms with Crippen molar-refractivity contribution >= 4 is 33.5 Å². The third-order valence-electron chi connectivity index (χ3n) is 3.85. The van der Waals surface area contributed by atoms with Gasteiger partial charge in [-0.2, -0.15) is 0 Å². The molecule has 4 rings (SSSR count). The Morgan fingerprint density at radius 1 is 1.30 bits per heavy atom. The number of carbonyl (C=O) groups excluding carboxylic acids is 1. The van der Waals surface area contributed by atoms with E-state index in [1.165, 1.54) is 15.7 Å². The second-order valence-electron chi connectivity index (χ2n) is 5.32. The Labute approximate surface area is 140 Å². The molecule has 1 fully saturated rings. The SMILES string of the molecule is O=C1NCCN(Cc2cc(=O)n3ccsc3n2)C1c1cccs1. The highest BCUT2D eigenvalue weighted by Gasteiger charge is 2.32. The van der Waals surface area contributed by atoms with Crippen LogP contribution < -0.4 is 10.9 Å². The topological polar surface area (TPSA) is 66.7 Å². The van der Waals surface area contributed by atoms with Crippen molar-refractivity contribution in [1.82, 2.24) is 19.6 Å². The van der Waals surface area contributed by atoms with Crippen molar-refractivity contribution in [3.05, 3.63) is 56.1 Å². The molecule has 1 amide bonds. The summed E-state index contributed by atoms with van der Waals surface area (Å²) in [6.45, 7) is 1.83. The molecule has 0 aromatic carbocycles. The summed E-state index contributed by atoms with van der Waals surface area (Å²) in [5.41, 5.74) is 0.620. The number of thiazole rings is 1. The van der Waals surface area contributed by atoms with Crippen LogP contribution in [0.25, 0.3) is 4.96 Å². The number of amides is 1. The van der Waals surface area contributed by atoms with Crippen molar-refractivity contribution in [1.29, 1.82) is 0 Å². The minimum Gasteiger partial charge on any atom is -0.353 e. The first kappa shape index (κ1) is 14.6. The summed E-state index contributed by atoms with van der Waals surface area (Å²) in [5.74, 6) is 0.00706. The number of nitrogens with zero attached hydrogens (tertiary/aromatic N) is 3. The van der Waals surface area contributed by atoms with Crippen molar-refractivity contribution in [3.8, 4) is 0 Å². The van der Waals surface area contributed by atoms with Gasteiger partial charge in [0.25, 0.3) is 5.56 Å². The molecular formula is C15H14N4O2S2. The van der Waals surface area contributed by atoms with Crippen LogP contribution >= 0.6 is 22.7 Å². The summed E-state index contributed by atoms with van der Waals surface area (Å²) < 4.78 is 1.54. The quantitative estimate of drug-likeness (QED) is 0.780. The van der Waals surface area contributed by atoms with Gasteiger partial charge in [-0.1, -0.05) is 6.07 Å². The van der Waals surface area contributed by atoms with Crippen LogP contribution in [-0.2, 0) is 11.3 Å². The molecule has 6 nitrogen and oxygen atoms in total. The average molecular weight is 346 g/mol. The zero-order chi connectivity index (χ0) is 15.8. The maximum atomic E-state index is 12.3. The number of thiophene rings is 1. The van der Waals surface area contributed by atoms with Crippen LogP contribution in [0.1, 0.15) is 16.6 Å². The summed E-state index contributed by atoms with van der Waals surface area (Å²) in [7, 11) is 0. The molecule has 1 aliphatic rings. The smallest absolute Gasteiger partial charge is 0.258 e. The first-order valence-electron chi connectivity index (χ1n) is 7.23. The van der Waals surface area contributed by atoms with E-state index >= 15 is 0 Å². The van der Waals surface area contributed by atoms with Gasteiger partial charge >= 0.3 is 0 Å². The van der Waals surface area contributed by atoms with E-state index in [2.05, 4.69) is 15.2 Å². The number of aromatic nitrogens is 2. The summed E-state index contributed by atoms with van der Waals surface area (Å²) in [6.07, 6.45) is 1.72. The Hall–Kier alpha value is -2.03. The Kier molecular flexibility index (Phi) is 3.72. The fourth-order valence-corrected chi connectivity index (χ4v) is 4.41. The number of rotatable bonds is 3. The fourth-order valence-electron chi connectivity index (χ4n) is 2.82. The molecule has 3 aromatic rings. The first-order valence-corrected chi connectivity index (χ1v) is 8.99. The molecule has 1 unspecified atom stereocenters. The van der Waals surface area contributed by atoms with E-state index < -0.39 is 0 Å². The largest absolute Gasteiger partial charge is 0.353 e. The molecule has 4 heterocycles. The van der Waals surface area contributed by atoms with Crippen LogP contribution in [-0.4, -0.2) is 33.3 Å². The Morgan fingerprint density at radius 2 is 2.22 bits per heavy atom. The van der Waals surface area contributed by atoms with Gasteiger partial charge in [0, 0.05) is 42.2 Å². The molecule has 0 aliphatic carbocycles. The Balaban J connectivity index is 1.67. The van der Waals surface area contributed by atoms with Gasteiger partial charge in [-0.25, -0.2) is 4.98 Å². The number of nitrogens with one attached hydrogen (secondary N) is 1. The monoisotopic (exact) mass is 346 g/mol. The van der Waals surface area contributed by atoms with Gasteiger partial charge in [-0.3, -0.25) is 18.9 Å². The Bertz CT molecular complexity index is 900. The van der Waals surface area contributed by atoms with Crippen LogP contribution in [0.2, 0.25) is 0 Å². The molecule has 0 radical (unpaired) electrons. The lowest BCUT2D eigenvalue weighted by Gasteiger charge is -2.34. The summed E-state index contributed by atoms with van der Waals surface area (Å²) in [4.78, 5) is 32.7. The highest BCUT2D eigenvalue weighted by molar-refractivity contribution is 7.15. The molecule has 0 spiro atoms. The van der Waals surface area contributed by atoms with E-state index in [1.807, 2.05) is 22.9 Å². The maximum absolute atomic E-state index is 12.3. The standard InChI is InChI=1S/C15H14N4O2S2/c20-12-8-10(17-15-19(12)5-7-23-15)9-18-4-3-16-14(21)13(18)11-2-1-6-22-11/h1-2,5-8,13H,3-4,9H2,(H,16,21). The third-order valence-corrected chi connectivity index (χ3v) is 5.53. The number of piperazine rings is 1. The highest BCUT2D eigenvalue weighted by atomic mass is 32.1. The minimum absolute atomic E-state index is 0.00706.